The number of aromatic nitrogens is 1. The fraction of sp³-hybridized carbons (Fsp3) is 0.0400. The predicted octanol–water partition coefficient (Wildman–Crippen LogP) is 5.40. The third-order valence-electron chi connectivity index (χ3n) is 4.93. The van der Waals surface area contributed by atoms with E-state index in [0.29, 0.717) is 39.3 Å². The molecule has 0 saturated carbocycles. The fourth-order valence-corrected chi connectivity index (χ4v) is 3.31. The molecule has 0 atom stereocenters. The molecule has 0 saturated heterocycles. The Bertz CT molecular complexity index is 1400. The standard InChI is InChI=1S/C25H17NO5/c27-19-8-6-16(7-9-19)22-15-30-24-13-20(10-11-21(24)25(22)28)29-14-18-12-23(31-26-18)17-4-2-1-3-5-17/h1-13,15,27H,14H2. The number of phenols is 1. The fourth-order valence-electron chi connectivity index (χ4n) is 3.31. The van der Waals surface area contributed by atoms with Gasteiger partial charge in [-0.1, -0.05) is 47.6 Å². The van der Waals surface area contributed by atoms with Gasteiger partial charge in [0.2, 0.25) is 0 Å². The molecule has 31 heavy (non-hydrogen) atoms. The third-order valence-corrected chi connectivity index (χ3v) is 4.93. The van der Waals surface area contributed by atoms with Crippen LogP contribution in [0.3, 0.4) is 0 Å². The highest BCUT2D eigenvalue weighted by atomic mass is 16.5. The summed E-state index contributed by atoms with van der Waals surface area (Å²) in [4.78, 5) is 12.9. The minimum absolute atomic E-state index is 0.138. The van der Waals surface area contributed by atoms with Crippen molar-refractivity contribution in [2.24, 2.45) is 0 Å². The van der Waals surface area contributed by atoms with Crippen LogP contribution in [0.1, 0.15) is 5.69 Å². The summed E-state index contributed by atoms with van der Waals surface area (Å²) in [5.74, 6) is 1.36. The lowest BCUT2D eigenvalue weighted by atomic mass is 10.1. The van der Waals surface area contributed by atoms with Gasteiger partial charge in [0.05, 0.1) is 10.9 Å². The monoisotopic (exact) mass is 411 g/mol. The molecule has 0 radical (unpaired) electrons. The second-order valence-corrected chi connectivity index (χ2v) is 7.02. The zero-order chi connectivity index (χ0) is 21.2. The number of nitrogens with zero attached hydrogens (tertiary/aromatic N) is 1. The van der Waals surface area contributed by atoms with Gasteiger partial charge in [-0.2, -0.15) is 0 Å². The molecule has 0 spiro atoms. The predicted molar refractivity (Wildman–Crippen MR) is 116 cm³/mol. The first-order chi connectivity index (χ1) is 15.2. The number of hydrogen-bond acceptors (Lipinski definition) is 6. The summed E-state index contributed by atoms with van der Waals surface area (Å²) in [6, 6.07) is 23.0. The van der Waals surface area contributed by atoms with Gasteiger partial charge in [0.1, 0.15) is 35.6 Å². The van der Waals surface area contributed by atoms with Crippen LogP contribution in [0.25, 0.3) is 33.4 Å². The van der Waals surface area contributed by atoms with Crippen molar-refractivity contribution < 1.29 is 18.8 Å². The van der Waals surface area contributed by atoms with Crippen LogP contribution in [0.4, 0.5) is 0 Å². The summed E-state index contributed by atoms with van der Waals surface area (Å²) in [6.07, 6.45) is 1.42. The molecule has 0 bridgehead atoms. The molecule has 2 aromatic heterocycles. The summed E-state index contributed by atoms with van der Waals surface area (Å²) < 4.78 is 16.9. The Labute approximate surface area is 176 Å². The van der Waals surface area contributed by atoms with Crippen molar-refractivity contribution in [2.45, 2.75) is 6.61 Å². The molecule has 152 valence electrons. The van der Waals surface area contributed by atoms with Gasteiger partial charge in [-0.3, -0.25) is 4.79 Å². The van der Waals surface area contributed by atoms with Gasteiger partial charge < -0.3 is 18.8 Å². The van der Waals surface area contributed by atoms with Gasteiger partial charge >= 0.3 is 0 Å². The molecule has 5 rings (SSSR count). The van der Waals surface area contributed by atoms with Crippen molar-refractivity contribution in [1.29, 1.82) is 0 Å². The normalized spacial score (nSPS) is 11.0. The molecule has 0 aliphatic rings. The van der Waals surface area contributed by atoms with Crippen LogP contribution in [0, 0.1) is 0 Å². The van der Waals surface area contributed by atoms with Crippen LogP contribution in [-0.2, 0) is 6.61 Å². The lowest BCUT2D eigenvalue weighted by molar-refractivity contribution is 0.290. The first-order valence-corrected chi connectivity index (χ1v) is 9.66. The molecule has 5 aromatic rings. The largest absolute Gasteiger partial charge is 0.508 e. The summed E-state index contributed by atoms with van der Waals surface area (Å²) in [7, 11) is 0. The van der Waals surface area contributed by atoms with E-state index < -0.39 is 0 Å². The molecule has 6 nitrogen and oxygen atoms in total. The van der Waals surface area contributed by atoms with E-state index in [0.717, 1.165) is 5.56 Å². The van der Waals surface area contributed by atoms with E-state index in [1.807, 2.05) is 36.4 Å². The van der Waals surface area contributed by atoms with Gasteiger partial charge in [-0.25, -0.2) is 0 Å². The minimum Gasteiger partial charge on any atom is -0.508 e. The number of phenolic OH excluding ortho intramolecular Hbond substituents is 1. The van der Waals surface area contributed by atoms with Crippen LogP contribution >= 0.6 is 0 Å². The van der Waals surface area contributed by atoms with Crippen LogP contribution in [0.15, 0.2) is 98.9 Å². The van der Waals surface area contributed by atoms with Crippen LogP contribution in [-0.4, -0.2) is 10.3 Å². The highest BCUT2D eigenvalue weighted by molar-refractivity contribution is 5.82. The molecular formula is C25H17NO5. The van der Waals surface area contributed by atoms with Gasteiger partial charge in [0.15, 0.2) is 11.2 Å². The van der Waals surface area contributed by atoms with Gasteiger partial charge in [0, 0.05) is 17.7 Å². The summed E-state index contributed by atoms with van der Waals surface area (Å²) >= 11 is 0. The number of fused-ring (bicyclic) bond motifs is 1. The molecule has 0 fully saturated rings. The van der Waals surface area contributed by atoms with Crippen LogP contribution in [0.2, 0.25) is 0 Å². The van der Waals surface area contributed by atoms with E-state index in [4.69, 9.17) is 13.7 Å². The van der Waals surface area contributed by atoms with Crippen molar-refractivity contribution in [2.75, 3.05) is 0 Å². The zero-order valence-corrected chi connectivity index (χ0v) is 16.3. The molecule has 0 aliphatic heterocycles. The molecule has 0 amide bonds. The van der Waals surface area contributed by atoms with Gasteiger partial charge in [0.25, 0.3) is 0 Å². The summed E-state index contributed by atoms with van der Waals surface area (Å²) in [6.45, 7) is 0.220. The van der Waals surface area contributed by atoms with Crippen molar-refractivity contribution >= 4 is 11.0 Å². The Balaban J connectivity index is 1.36. The van der Waals surface area contributed by atoms with Crippen LogP contribution < -0.4 is 10.2 Å². The van der Waals surface area contributed by atoms with Crippen molar-refractivity contribution in [3.05, 3.63) is 101 Å². The second kappa shape index (κ2) is 7.84. The molecule has 2 heterocycles. The number of benzene rings is 3. The Morgan fingerprint density at radius 2 is 1.71 bits per heavy atom. The average molecular weight is 411 g/mol. The number of aromatic hydroxyl groups is 1. The maximum atomic E-state index is 12.9. The molecule has 6 heteroatoms. The zero-order valence-electron chi connectivity index (χ0n) is 16.3. The number of rotatable bonds is 5. The Hall–Kier alpha value is -4.32. The summed E-state index contributed by atoms with van der Waals surface area (Å²) in [5.41, 5.74) is 2.98. The van der Waals surface area contributed by atoms with E-state index in [2.05, 4.69) is 5.16 Å². The third kappa shape index (κ3) is 3.79. The quantitative estimate of drug-likeness (QED) is 0.417. The highest BCUT2D eigenvalue weighted by Crippen LogP contribution is 2.25. The maximum Gasteiger partial charge on any atom is 0.200 e. The summed E-state index contributed by atoms with van der Waals surface area (Å²) in [5, 5.41) is 13.9. The lowest BCUT2D eigenvalue weighted by Crippen LogP contribution is -2.05. The molecule has 0 unspecified atom stereocenters. The molecule has 3 aromatic carbocycles. The number of hydrogen-bond donors (Lipinski definition) is 1. The van der Waals surface area contributed by atoms with Crippen molar-refractivity contribution in [3.8, 4) is 33.9 Å². The Morgan fingerprint density at radius 3 is 2.52 bits per heavy atom. The van der Waals surface area contributed by atoms with E-state index in [-0.39, 0.29) is 17.8 Å². The van der Waals surface area contributed by atoms with Gasteiger partial charge in [-0.15, -0.1) is 0 Å². The average Bonchev–Trinajstić information content (AvgIpc) is 3.28. The van der Waals surface area contributed by atoms with E-state index in [9.17, 15) is 9.90 Å². The molecular weight excluding hydrogens is 394 g/mol. The Kier molecular flexibility index (Phi) is 4.72. The van der Waals surface area contributed by atoms with E-state index >= 15 is 0 Å². The van der Waals surface area contributed by atoms with Crippen molar-refractivity contribution in [1.82, 2.24) is 5.16 Å². The van der Waals surface area contributed by atoms with E-state index in [1.54, 1.807) is 30.3 Å². The number of ether oxygens (including phenoxy) is 1. The first kappa shape index (κ1) is 18.7. The van der Waals surface area contributed by atoms with Crippen molar-refractivity contribution in [3.63, 3.8) is 0 Å². The highest BCUT2D eigenvalue weighted by Gasteiger charge is 2.11. The molecule has 0 aliphatic carbocycles. The van der Waals surface area contributed by atoms with Gasteiger partial charge in [-0.05, 0) is 29.8 Å². The SMILES string of the molecule is O=c1c(-c2ccc(O)cc2)coc2cc(OCc3cc(-c4ccccc4)on3)ccc12. The maximum absolute atomic E-state index is 12.9. The first-order valence-electron chi connectivity index (χ1n) is 9.66. The van der Waals surface area contributed by atoms with E-state index in [1.165, 1.54) is 18.4 Å². The van der Waals surface area contributed by atoms with Crippen LogP contribution in [0.5, 0.6) is 11.5 Å². The lowest BCUT2D eigenvalue weighted by Gasteiger charge is -2.06. The second-order valence-electron chi connectivity index (χ2n) is 7.02. The molecule has 1 N–H and O–H groups in total. The minimum atomic E-state index is -0.150. The Morgan fingerprint density at radius 1 is 0.903 bits per heavy atom. The topological polar surface area (TPSA) is 85.7 Å². The smallest absolute Gasteiger partial charge is 0.200 e.